The first-order valence-electron chi connectivity index (χ1n) is 11.7. The summed E-state index contributed by atoms with van der Waals surface area (Å²) in [6.45, 7) is 12.1. The molecule has 1 aliphatic carbocycles. The summed E-state index contributed by atoms with van der Waals surface area (Å²) in [4.78, 5) is 50.0. The van der Waals surface area contributed by atoms with Gasteiger partial charge in [-0.2, -0.15) is 5.01 Å². The number of hydrogen-bond donors (Lipinski definition) is 0. The summed E-state index contributed by atoms with van der Waals surface area (Å²) in [5.41, 5.74) is -2.24. The Bertz CT molecular complexity index is 1150. The van der Waals surface area contributed by atoms with Crippen LogP contribution in [-0.2, 0) is 19.8 Å². The van der Waals surface area contributed by atoms with E-state index < -0.39 is 34.8 Å². The molecule has 3 amide bonds. The molecule has 10 nitrogen and oxygen atoms in total. The average molecular weight is 472 g/mol. The van der Waals surface area contributed by atoms with Gasteiger partial charge in [-0.15, -0.1) is 5.01 Å². The second-order valence-corrected chi connectivity index (χ2v) is 11.0. The molecule has 0 saturated heterocycles. The molecule has 0 radical (unpaired) electrons. The van der Waals surface area contributed by atoms with Crippen LogP contribution in [0.1, 0.15) is 79.5 Å². The van der Waals surface area contributed by atoms with Gasteiger partial charge in [-0.25, -0.2) is 19.6 Å². The van der Waals surface area contributed by atoms with E-state index in [2.05, 4.69) is 9.97 Å². The lowest BCUT2D eigenvalue weighted by Gasteiger charge is -2.48. The number of nitrogens with zero attached hydrogens (tertiary/aromatic N) is 5. The van der Waals surface area contributed by atoms with Crippen molar-refractivity contribution in [2.24, 2.45) is 0 Å². The zero-order valence-electron chi connectivity index (χ0n) is 21.0. The monoisotopic (exact) mass is 471 g/mol. The third-order valence-corrected chi connectivity index (χ3v) is 5.89. The predicted molar refractivity (Wildman–Crippen MR) is 125 cm³/mol. The molecule has 0 aromatic carbocycles. The molecule has 184 valence electrons. The molecule has 1 saturated carbocycles. The van der Waals surface area contributed by atoms with Crippen LogP contribution in [0.2, 0.25) is 0 Å². The number of anilines is 1. The highest BCUT2D eigenvalue weighted by atomic mass is 16.6. The fraction of sp³-hybridized carbons (Fsp3) is 0.625. The molecule has 0 N–H and O–H groups in total. The van der Waals surface area contributed by atoms with Gasteiger partial charge in [-0.3, -0.25) is 9.36 Å². The number of ether oxygens (including phenoxy) is 2. The van der Waals surface area contributed by atoms with E-state index in [0.717, 1.165) is 29.3 Å². The molecule has 4 rings (SSSR count). The van der Waals surface area contributed by atoms with Gasteiger partial charge in [0.25, 0.3) is 5.91 Å². The fourth-order valence-electron chi connectivity index (χ4n) is 4.65. The Labute approximate surface area is 199 Å². The smallest absolute Gasteiger partial charge is 0.437 e. The molecule has 2 aromatic rings. The molecule has 1 fully saturated rings. The first-order valence-corrected chi connectivity index (χ1v) is 11.7. The van der Waals surface area contributed by atoms with Crippen molar-refractivity contribution in [1.29, 1.82) is 0 Å². The van der Waals surface area contributed by atoms with E-state index in [1.165, 1.54) is 0 Å². The second kappa shape index (κ2) is 7.95. The van der Waals surface area contributed by atoms with E-state index in [1.54, 1.807) is 60.7 Å². The normalized spacial score (nSPS) is 18.3. The number of imide groups is 1. The number of carbonyl (C=O) groups is 3. The van der Waals surface area contributed by atoms with E-state index in [4.69, 9.17) is 9.47 Å². The number of amides is 3. The predicted octanol–water partition coefficient (Wildman–Crippen LogP) is 4.83. The molecule has 2 aliphatic rings. The van der Waals surface area contributed by atoms with Crippen LogP contribution in [0.3, 0.4) is 0 Å². The van der Waals surface area contributed by atoms with Crippen molar-refractivity contribution in [1.82, 2.24) is 19.5 Å². The summed E-state index contributed by atoms with van der Waals surface area (Å²) in [7, 11) is 0. The zero-order valence-corrected chi connectivity index (χ0v) is 21.0. The minimum absolute atomic E-state index is 0.330. The van der Waals surface area contributed by atoms with Crippen LogP contribution in [0, 0.1) is 6.92 Å². The number of aryl methyl sites for hydroxylation is 1. The highest BCUT2D eigenvalue weighted by Gasteiger charge is 2.56. The fourth-order valence-corrected chi connectivity index (χ4v) is 4.65. The van der Waals surface area contributed by atoms with Gasteiger partial charge in [-0.05, 0) is 67.4 Å². The number of rotatable bonds is 0. The number of aromatic nitrogens is 3. The van der Waals surface area contributed by atoms with Crippen LogP contribution in [0.15, 0.2) is 12.3 Å². The van der Waals surface area contributed by atoms with Gasteiger partial charge in [0.2, 0.25) is 0 Å². The van der Waals surface area contributed by atoms with Gasteiger partial charge in [0.15, 0.2) is 0 Å². The van der Waals surface area contributed by atoms with Crippen molar-refractivity contribution in [2.75, 3.05) is 5.01 Å². The zero-order chi connectivity index (χ0) is 25.1. The lowest BCUT2D eigenvalue weighted by Crippen LogP contribution is -2.66. The van der Waals surface area contributed by atoms with Crippen molar-refractivity contribution in [3.63, 3.8) is 0 Å². The maximum atomic E-state index is 14.2. The lowest BCUT2D eigenvalue weighted by atomic mass is 9.79. The van der Waals surface area contributed by atoms with Gasteiger partial charge in [0.05, 0.1) is 0 Å². The van der Waals surface area contributed by atoms with Crippen LogP contribution in [-0.4, -0.2) is 48.8 Å². The van der Waals surface area contributed by atoms with E-state index in [1.807, 2.05) is 4.57 Å². The number of hydrazine groups is 1. The van der Waals surface area contributed by atoms with Crippen molar-refractivity contribution in [3.05, 3.63) is 18.1 Å². The Kier molecular flexibility index (Phi) is 5.61. The molecule has 2 aromatic heterocycles. The topological polar surface area (TPSA) is 107 Å². The van der Waals surface area contributed by atoms with Gasteiger partial charge in [0.1, 0.15) is 34.0 Å². The summed E-state index contributed by atoms with van der Waals surface area (Å²) in [6, 6.07) is 1.72. The van der Waals surface area contributed by atoms with E-state index in [9.17, 15) is 14.4 Å². The number of carbonyl (C=O) groups excluding carboxylic acids is 3. The van der Waals surface area contributed by atoms with Crippen LogP contribution < -0.4 is 5.01 Å². The first kappa shape index (κ1) is 24.0. The maximum absolute atomic E-state index is 14.2. The summed E-state index contributed by atoms with van der Waals surface area (Å²) < 4.78 is 13.0. The van der Waals surface area contributed by atoms with Crippen LogP contribution >= 0.6 is 0 Å². The molecule has 1 aliphatic heterocycles. The molecule has 0 bridgehead atoms. The van der Waals surface area contributed by atoms with Crippen LogP contribution in [0.4, 0.5) is 15.4 Å². The Balaban J connectivity index is 1.99. The molecular formula is C24H33N5O5. The van der Waals surface area contributed by atoms with E-state index in [0.29, 0.717) is 35.5 Å². The standard InChI is InChI=1S/C24H33N5O5/c1-15-25-14-16-13-17-27(18(16)26-15)24(11-9-8-10-12-24)19(30)29(21(32)34-23(5,6)7)28(17)20(31)33-22(2,3)4/h13-14H,8-12H2,1-7H3. The highest BCUT2D eigenvalue weighted by molar-refractivity contribution is 6.08. The van der Waals surface area contributed by atoms with E-state index >= 15 is 0 Å². The van der Waals surface area contributed by atoms with Gasteiger partial charge in [-0.1, -0.05) is 19.3 Å². The minimum Gasteiger partial charge on any atom is -0.442 e. The largest absolute Gasteiger partial charge is 0.442 e. The van der Waals surface area contributed by atoms with E-state index in [-0.39, 0.29) is 0 Å². The molecule has 0 unspecified atom stereocenters. The summed E-state index contributed by atoms with van der Waals surface area (Å²) in [5, 5.41) is 2.47. The lowest BCUT2D eigenvalue weighted by molar-refractivity contribution is -0.144. The third-order valence-electron chi connectivity index (χ3n) is 5.89. The summed E-state index contributed by atoms with van der Waals surface area (Å²) in [5.74, 6) is 0.357. The Morgan fingerprint density at radius 3 is 2.06 bits per heavy atom. The van der Waals surface area contributed by atoms with Crippen LogP contribution in [0.25, 0.3) is 11.0 Å². The molecule has 10 heteroatoms. The van der Waals surface area contributed by atoms with Crippen LogP contribution in [0.5, 0.6) is 0 Å². The van der Waals surface area contributed by atoms with Gasteiger partial charge < -0.3 is 9.47 Å². The number of fused-ring (bicyclic) bond motifs is 4. The Morgan fingerprint density at radius 1 is 0.941 bits per heavy atom. The average Bonchev–Trinajstić information content (AvgIpc) is 3.07. The molecular weight excluding hydrogens is 438 g/mol. The molecule has 34 heavy (non-hydrogen) atoms. The second-order valence-electron chi connectivity index (χ2n) is 11.0. The quantitative estimate of drug-likeness (QED) is 0.541. The first-order chi connectivity index (χ1) is 15.7. The van der Waals surface area contributed by atoms with Crippen molar-refractivity contribution < 1.29 is 23.9 Å². The number of hydrogen-bond acceptors (Lipinski definition) is 7. The summed E-state index contributed by atoms with van der Waals surface area (Å²) >= 11 is 0. The molecule has 1 spiro atoms. The van der Waals surface area contributed by atoms with Crippen molar-refractivity contribution in [3.8, 4) is 0 Å². The van der Waals surface area contributed by atoms with Crippen molar-refractivity contribution in [2.45, 2.75) is 97.3 Å². The van der Waals surface area contributed by atoms with Gasteiger partial charge in [0, 0.05) is 11.6 Å². The molecule has 0 atom stereocenters. The molecule has 3 heterocycles. The third kappa shape index (κ3) is 4.10. The highest BCUT2D eigenvalue weighted by Crippen LogP contribution is 2.47. The minimum atomic E-state index is -1.06. The summed E-state index contributed by atoms with van der Waals surface area (Å²) in [6.07, 6.45) is 3.53. The van der Waals surface area contributed by atoms with Crippen molar-refractivity contribution >= 4 is 34.9 Å². The maximum Gasteiger partial charge on any atom is 0.437 e. The Hall–Kier alpha value is -3.17. The van der Waals surface area contributed by atoms with Gasteiger partial charge >= 0.3 is 12.2 Å². The Morgan fingerprint density at radius 2 is 1.50 bits per heavy atom. The SMILES string of the molecule is Cc1ncc2cc3n(c2n1)C1(CCCCC1)C(=O)N(C(=O)OC(C)(C)C)N3C(=O)OC(C)(C)C.